The predicted molar refractivity (Wildman–Crippen MR) is 97.4 cm³/mol. The van der Waals surface area contributed by atoms with Gasteiger partial charge in [-0.1, -0.05) is 19.0 Å². The van der Waals surface area contributed by atoms with Crippen molar-refractivity contribution in [2.75, 3.05) is 44.3 Å². The first-order valence-corrected chi connectivity index (χ1v) is 9.52. The first-order chi connectivity index (χ1) is 12.6. The van der Waals surface area contributed by atoms with Crippen molar-refractivity contribution in [3.8, 4) is 6.19 Å². The van der Waals surface area contributed by atoms with Crippen molar-refractivity contribution >= 4 is 6.01 Å². The van der Waals surface area contributed by atoms with Gasteiger partial charge in [-0.2, -0.15) is 10.2 Å². The summed E-state index contributed by atoms with van der Waals surface area (Å²) in [7, 11) is 0. The maximum Gasteiger partial charge on any atom is 0.324 e. The van der Waals surface area contributed by atoms with E-state index in [4.69, 9.17) is 20.0 Å². The Morgan fingerprint density at radius 3 is 2.04 bits per heavy atom. The highest BCUT2D eigenvalue weighted by molar-refractivity contribution is 5.26. The van der Waals surface area contributed by atoms with Gasteiger partial charge in [0.25, 0.3) is 0 Å². The van der Waals surface area contributed by atoms with Crippen LogP contribution in [-0.4, -0.2) is 64.6 Å². The van der Waals surface area contributed by atoms with E-state index < -0.39 is 0 Å². The van der Waals surface area contributed by atoms with Crippen LogP contribution in [0.1, 0.15) is 51.3 Å². The number of rotatable bonds is 4. The van der Waals surface area contributed by atoms with Crippen LogP contribution in [0.3, 0.4) is 0 Å². The molecule has 26 heavy (non-hydrogen) atoms. The summed E-state index contributed by atoms with van der Waals surface area (Å²) in [5.41, 5.74) is 0. The topological polar surface area (TPSA) is 110 Å². The summed E-state index contributed by atoms with van der Waals surface area (Å²) in [6.45, 7) is 8.09. The van der Waals surface area contributed by atoms with E-state index in [1.165, 1.54) is 0 Å². The Bertz CT molecular complexity index is 555. The Labute approximate surface area is 155 Å². The fourth-order valence-electron chi connectivity index (χ4n) is 3.11. The molecule has 3 rings (SSSR count). The molecule has 2 aliphatic heterocycles. The zero-order valence-corrected chi connectivity index (χ0v) is 15.8. The van der Waals surface area contributed by atoms with Gasteiger partial charge in [0.15, 0.2) is 12.0 Å². The minimum absolute atomic E-state index is 0.277. The first kappa shape index (κ1) is 20.5. The van der Waals surface area contributed by atoms with Crippen molar-refractivity contribution < 1.29 is 14.7 Å². The van der Waals surface area contributed by atoms with Crippen LogP contribution in [0.5, 0.6) is 0 Å². The van der Waals surface area contributed by atoms with Crippen molar-refractivity contribution in [2.24, 2.45) is 11.8 Å². The second kappa shape index (κ2) is 10.3. The van der Waals surface area contributed by atoms with Gasteiger partial charge in [-0.05, 0) is 37.5 Å². The lowest BCUT2D eigenvalue weighted by Gasteiger charge is -2.29. The van der Waals surface area contributed by atoms with Crippen LogP contribution in [0.4, 0.5) is 6.01 Å². The molecule has 0 atom stereocenters. The Kier molecular flexibility index (Phi) is 8.13. The summed E-state index contributed by atoms with van der Waals surface area (Å²) in [6, 6.07) is 0.625. The van der Waals surface area contributed by atoms with Crippen molar-refractivity contribution in [1.29, 1.82) is 5.26 Å². The number of aliphatic hydroxyl groups is 2. The van der Waals surface area contributed by atoms with E-state index in [2.05, 4.69) is 21.2 Å². The van der Waals surface area contributed by atoms with E-state index in [1.807, 2.05) is 13.8 Å². The Balaban J connectivity index is 0.000000209. The number of nitriles is 1. The van der Waals surface area contributed by atoms with Gasteiger partial charge < -0.3 is 24.5 Å². The fourth-order valence-corrected chi connectivity index (χ4v) is 3.11. The summed E-state index contributed by atoms with van der Waals surface area (Å²) >= 11 is 0. The fraction of sp³-hybridized carbons (Fsp3) is 0.833. The standard InChI is InChI=1S/C11H19N3O2.C7H12N2O/c1-8(2)10-12-11(16-13-10)14-5-3-9(7-15)4-6-14;8-6-9-3-1-7(5-10)2-4-9/h8-9,15H,3-7H2,1-2H3;7,10H,1-5H2. The van der Waals surface area contributed by atoms with Crippen molar-refractivity contribution in [3.05, 3.63) is 5.82 Å². The van der Waals surface area contributed by atoms with Crippen LogP contribution in [0.25, 0.3) is 0 Å². The van der Waals surface area contributed by atoms with Crippen LogP contribution in [0.15, 0.2) is 4.52 Å². The number of likely N-dealkylation sites (tertiary alicyclic amines) is 1. The van der Waals surface area contributed by atoms with Crippen LogP contribution in [0.2, 0.25) is 0 Å². The van der Waals surface area contributed by atoms with Crippen LogP contribution in [0, 0.1) is 23.3 Å². The predicted octanol–water partition coefficient (Wildman–Crippen LogP) is 1.57. The normalized spacial score (nSPS) is 19.2. The molecule has 8 nitrogen and oxygen atoms in total. The van der Waals surface area contributed by atoms with Gasteiger partial charge >= 0.3 is 6.01 Å². The monoisotopic (exact) mass is 365 g/mol. The van der Waals surface area contributed by atoms with E-state index in [1.54, 1.807) is 4.90 Å². The number of hydrogen-bond donors (Lipinski definition) is 2. The SMILES string of the molecule is CC(C)c1noc(N2CCC(CO)CC2)n1.N#CN1CCC(CO)CC1. The third kappa shape index (κ3) is 5.85. The van der Waals surface area contributed by atoms with E-state index in [-0.39, 0.29) is 13.2 Å². The third-order valence-electron chi connectivity index (χ3n) is 5.10. The van der Waals surface area contributed by atoms with E-state index in [9.17, 15) is 0 Å². The molecule has 0 amide bonds. The quantitative estimate of drug-likeness (QED) is 0.774. The lowest BCUT2D eigenvalue weighted by Crippen LogP contribution is -2.34. The number of anilines is 1. The van der Waals surface area contributed by atoms with E-state index >= 15 is 0 Å². The van der Waals surface area contributed by atoms with Crippen molar-refractivity contribution in [2.45, 2.75) is 45.4 Å². The van der Waals surface area contributed by atoms with Gasteiger partial charge in [0.05, 0.1) is 0 Å². The van der Waals surface area contributed by atoms with Gasteiger partial charge in [0.2, 0.25) is 0 Å². The molecule has 0 aromatic carbocycles. The maximum absolute atomic E-state index is 9.05. The summed E-state index contributed by atoms with van der Waals surface area (Å²) in [4.78, 5) is 8.21. The number of hydrogen-bond acceptors (Lipinski definition) is 8. The Morgan fingerprint density at radius 2 is 1.62 bits per heavy atom. The van der Waals surface area contributed by atoms with Gasteiger partial charge in [0, 0.05) is 45.3 Å². The molecule has 2 aliphatic rings. The lowest BCUT2D eigenvalue weighted by molar-refractivity contribution is 0.161. The highest BCUT2D eigenvalue weighted by atomic mass is 16.5. The molecule has 2 fully saturated rings. The molecule has 0 unspecified atom stereocenters. The minimum Gasteiger partial charge on any atom is -0.396 e. The molecule has 1 aromatic heterocycles. The summed E-state index contributed by atoms with van der Waals surface area (Å²) in [5, 5.41) is 30.2. The molecule has 2 N–H and O–H groups in total. The molecule has 146 valence electrons. The van der Waals surface area contributed by atoms with E-state index in [0.717, 1.165) is 57.7 Å². The van der Waals surface area contributed by atoms with E-state index in [0.29, 0.717) is 23.8 Å². The average molecular weight is 365 g/mol. The number of nitrogens with zero attached hydrogens (tertiary/aromatic N) is 5. The molecule has 2 saturated heterocycles. The lowest BCUT2D eigenvalue weighted by atomic mass is 9.98. The zero-order valence-electron chi connectivity index (χ0n) is 15.8. The molecule has 0 spiro atoms. The molecule has 0 saturated carbocycles. The first-order valence-electron chi connectivity index (χ1n) is 9.52. The molecule has 1 aromatic rings. The Morgan fingerprint density at radius 1 is 1.08 bits per heavy atom. The van der Waals surface area contributed by atoms with Gasteiger partial charge in [-0.25, -0.2) is 0 Å². The second-order valence-corrected chi connectivity index (χ2v) is 7.42. The average Bonchev–Trinajstić information content (AvgIpc) is 3.19. The number of piperidine rings is 2. The number of aromatic nitrogens is 2. The van der Waals surface area contributed by atoms with Crippen molar-refractivity contribution in [1.82, 2.24) is 15.0 Å². The van der Waals surface area contributed by atoms with Crippen LogP contribution in [-0.2, 0) is 0 Å². The molecule has 8 heteroatoms. The van der Waals surface area contributed by atoms with Crippen molar-refractivity contribution in [3.63, 3.8) is 0 Å². The molecular weight excluding hydrogens is 334 g/mol. The maximum atomic E-state index is 9.05. The molecule has 0 bridgehead atoms. The summed E-state index contributed by atoms with van der Waals surface area (Å²) in [5.74, 6) is 1.93. The Hall–Kier alpha value is -1.85. The summed E-state index contributed by atoms with van der Waals surface area (Å²) < 4.78 is 5.24. The summed E-state index contributed by atoms with van der Waals surface area (Å²) in [6.07, 6.45) is 6.02. The third-order valence-corrected chi connectivity index (χ3v) is 5.10. The number of aliphatic hydroxyl groups excluding tert-OH is 2. The molecular formula is C18H31N5O3. The van der Waals surface area contributed by atoms with Gasteiger partial charge in [-0.3, -0.25) is 0 Å². The van der Waals surface area contributed by atoms with Crippen LogP contribution >= 0.6 is 0 Å². The van der Waals surface area contributed by atoms with Gasteiger partial charge in [0.1, 0.15) is 0 Å². The highest BCUT2D eigenvalue weighted by Gasteiger charge is 2.23. The molecule has 0 aliphatic carbocycles. The molecule has 0 radical (unpaired) electrons. The van der Waals surface area contributed by atoms with Gasteiger partial charge in [-0.15, -0.1) is 0 Å². The van der Waals surface area contributed by atoms with Crippen LogP contribution < -0.4 is 4.90 Å². The smallest absolute Gasteiger partial charge is 0.324 e. The largest absolute Gasteiger partial charge is 0.396 e. The highest BCUT2D eigenvalue weighted by Crippen LogP contribution is 2.22. The molecule has 3 heterocycles. The zero-order chi connectivity index (χ0) is 18.9. The minimum atomic E-state index is 0.277. The second-order valence-electron chi connectivity index (χ2n) is 7.42.